The summed E-state index contributed by atoms with van der Waals surface area (Å²) < 4.78 is 5.27. The number of imide groups is 1. The highest BCUT2D eigenvalue weighted by atomic mass is 16.5. The quantitative estimate of drug-likeness (QED) is 0.234. The lowest BCUT2D eigenvalue weighted by Gasteiger charge is -2.20. The van der Waals surface area contributed by atoms with Gasteiger partial charge in [-0.3, -0.25) is 19.3 Å². The van der Waals surface area contributed by atoms with Gasteiger partial charge < -0.3 is 10.1 Å². The van der Waals surface area contributed by atoms with Crippen LogP contribution in [0.3, 0.4) is 0 Å². The van der Waals surface area contributed by atoms with Crippen LogP contribution in [0.4, 0.5) is 0 Å². The fourth-order valence-corrected chi connectivity index (χ4v) is 4.74. The second-order valence-corrected chi connectivity index (χ2v) is 9.36. The summed E-state index contributed by atoms with van der Waals surface area (Å²) in [7, 11) is 1.64. The minimum absolute atomic E-state index is 0.0373. The summed E-state index contributed by atoms with van der Waals surface area (Å²) in [4.78, 5) is 39.0. The molecule has 1 aliphatic heterocycles. The molecule has 1 atom stereocenters. The number of hydrogen-bond donors (Lipinski definition) is 1. The van der Waals surface area contributed by atoms with Crippen molar-refractivity contribution in [1.29, 1.82) is 0 Å². The van der Waals surface area contributed by atoms with Gasteiger partial charge in [-0.05, 0) is 48.2 Å². The van der Waals surface area contributed by atoms with Crippen LogP contribution in [0.15, 0.2) is 78.9 Å². The molecule has 6 nitrogen and oxygen atoms in total. The van der Waals surface area contributed by atoms with Gasteiger partial charge >= 0.3 is 0 Å². The largest absolute Gasteiger partial charge is 0.497 e. The number of carbonyl (C=O) groups excluding carboxylic acids is 3. The van der Waals surface area contributed by atoms with E-state index in [4.69, 9.17) is 4.74 Å². The summed E-state index contributed by atoms with van der Waals surface area (Å²) in [6, 6.07) is 24.6. The summed E-state index contributed by atoms with van der Waals surface area (Å²) >= 11 is 0. The van der Waals surface area contributed by atoms with Crippen LogP contribution in [0.25, 0.3) is 0 Å². The molecule has 4 rings (SSSR count). The third-order valence-corrected chi connectivity index (χ3v) is 6.80. The number of fused-ring (bicyclic) bond motifs is 1. The van der Waals surface area contributed by atoms with Crippen LogP contribution in [-0.4, -0.2) is 36.3 Å². The molecule has 0 spiro atoms. The van der Waals surface area contributed by atoms with Crippen molar-refractivity contribution >= 4 is 17.7 Å². The summed E-state index contributed by atoms with van der Waals surface area (Å²) in [6.07, 6.45) is 6.07. The molecule has 0 fully saturated rings. The normalized spacial score (nSPS) is 13.4. The second kappa shape index (κ2) is 12.9. The minimum atomic E-state index is -0.207. The van der Waals surface area contributed by atoms with Gasteiger partial charge in [0.2, 0.25) is 5.91 Å². The van der Waals surface area contributed by atoms with Gasteiger partial charge in [-0.15, -0.1) is 0 Å². The highest BCUT2D eigenvalue weighted by molar-refractivity contribution is 6.21. The van der Waals surface area contributed by atoms with Crippen LogP contribution < -0.4 is 10.1 Å². The average molecular weight is 499 g/mol. The Morgan fingerprint density at radius 2 is 1.27 bits per heavy atom. The molecule has 1 aliphatic rings. The Morgan fingerprint density at radius 1 is 0.730 bits per heavy atom. The van der Waals surface area contributed by atoms with Gasteiger partial charge in [0, 0.05) is 13.0 Å². The summed E-state index contributed by atoms with van der Waals surface area (Å²) in [5.41, 5.74) is 3.07. The topological polar surface area (TPSA) is 75.7 Å². The maximum absolute atomic E-state index is 12.8. The molecule has 1 heterocycles. The molecule has 3 aromatic carbocycles. The number of nitrogens with zero attached hydrogens (tertiary/aromatic N) is 1. The van der Waals surface area contributed by atoms with Gasteiger partial charge in [0.25, 0.3) is 11.8 Å². The number of ether oxygens (including phenoxy) is 1. The Bertz CT molecular complexity index is 1170. The highest BCUT2D eigenvalue weighted by Crippen LogP contribution is 2.25. The minimum Gasteiger partial charge on any atom is -0.497 e. The molecule has 3 amide bonds. The van der Waals surface area contributed by atoms with Crippen LogP contribution in [0.1, 0.15) is 82.8 Å². The molecular weight excluding hydrogens is 464 g/mol. The Morgan fingerprint density at radius 3 is 1.89 bits per heavy atom. The van der Waals surface area contributed by atoms with Gasteiger partial charge in [0.1, 0.15) is 5.75 Å². The van der Waals surface area contributed by atoms with Crippen LogP contribution in [0.5, 0.6) is 5.75 Å². The van der Waals surface area contributed by atoms with E-state index in [2.05, 4.69) is 5.32 Å². The molecule has 6 heteroatoms. The lowest BCUT2D eigenvalue weighted by Crippen LogP contribution is -2.30. The van der Waals surface area contributed by atoms with Crippen molar-refractivity contribution < 1.29 is 19.1 Å². The van der Waals surface area contributed by atoms with Crippen LogP contribution in [-0.2, 0) is 4.79 Å². The fourth-order valence-electron chi connectivity index (χ4n) is 4.74. The van der Waals surface area contributed by atoms with Crippen LogP contribution in [0.2, 0.25) is 0 Å². The summed E-state index contributed by atoms with van der Waals surface area (Å²) in [5.74, 6) is 0.450. The monoisotopic (exact) mass is 498 g/mol. The zero-order chi connectivity index (χ0) is 26.0. The predicted molar refractivity (Wildman–Crippen MR) is 144 cm³/mol. The average Bonchev–Trinajstić information content (AvgIpc) is 3.18. The van der Waals surface area contributed by atoms with Crippen LogP contribution in [0, 0.1) is 0 Å². The molecule has 37 heavy (non-hydrogen) atoms. The zero-order valence-electron chi connectivity index (χ0n) is 21.3. The van der Waals surface area contributed by atoms with E-state index in [9.17, 15) is 14.4 Å². The van der Waals surface area contributed by atoms with Crippen molar-refractivity contribution in [2.75, 3.05) is 13.7 Å². The molecule has 0 saturated heterocycles. The van der Waals surface area contributed by atoms with E-state index in [0.29, 0.717) is 24.1 Å². The number of carbonyl (C=O) groups is 3. The number of hydrogen-bond acceptors (Lipinski definition) is 4. The first-order valence-electron chi connectivity index (χ1n) is 13.0. The maximum atomic E-state index is 12.8. The van der Waals surface area contributed by atoms with Gasteiger partial charge in [-0.25, -0.2) is 0 Å². The molecule has 0 radical (unpaired) electrons. The molecule has 192 valence electrons. The van der Waals surface area contributed by atoms with Crippen LogP contribution >= 0.6 is 0 Å². The first-order valence-corrected chi connectivity index (χ1v) is 13.0. The van der Waals surface area contributed by atoms with Crippen molar-refractivity contribution in [1.82, 2.24) is 10.2 Å². The van der Waals surface area contributed by atoms with Crippen molar-refractivity contribution in [3.63, 3.8) is 0 Å². The first-order chi connectivity index (χ1) is 18.1. The Kier molecular flexibility index (Phi) is 9.08. The van der Waals surface area contributed by atoms with Gasteiger partial charge in [-0.1, -0.05) is 80.3 Å². The third-order valence-electron chi connectivity index (χ3n) is 6.80. The Balaban J connectivity index is 1.15. The van der Waals surface area contributed by atoms with Gasteiger partial charge in [-0.2, -0.15) is 0 Å². The van der Waals surface area contributed by atoms with E-state index in [0.717, 1.165) is 55.4 Å². The summed E-state index contributed by atoms with van der Waals surface area (Å²) in [5, 5.41) is 3.20. The number of rotatable bonds is 13. The van der Waals surface area contributed by atoms with E-state index >= 15 is 0 Å². The summed E-state index contributed by atoms with van der Waals surface area (Å²) in [6.45, 7) is 0.459. The third kappa shape index (κ3) is 6.64. The van der Waals surface area contributed by atoms with Gasteiger partial charge in [0.15, 0.2) is 0 Å². The van der Waals surface area contributed by atoms with Crippen molar-refractivity contribution in [3.05, 3.63) is 101 Å². The number of nitrogens with one attached hydrogen (secondary N) is 1. The van der Waals surface area contributed by atoms with Crippen molar-refractivity contribution in [2.24, 2.45) is 0 Å². The van der Waals surface area contributed by atoms with E-state index in [1.165, 1.54) is 4.90 Å². The van der Waals surface area contributed by atoms with E-state index in [1.54, 1.807) is 31.4 Å². The molecule has 0 aliphatic carbocycles. The number of benzene rings is 3. The van der Waals surface area contributed by atoms with E-state index in [1.807, 2.05) is 54.6 Å². The Hall–Kier alpha value is -3.93. The predicted octanol–water partition coefficient (Wildman–Crippen LogP) is 5.93. The number of amides is 3. The zero-order valence-corrected chi connectivity index (χ0v) is 21.3. The standard InChI is InChI=1S/C31H34N2O4/c1-37-25-20-18-24(19-21-25)29(23-13-7-6-8-14-23)32-28(34)17-9-4-2-3-5-12-22-33-30(35)26-15-10-11-16-27(26)31(33)36/h6-8,10-11,13-16,18-21,29H,2-5,9,12,17,22H2,1H3,(H,32,34)/t29-/m1/s1. The van der Waals surface area contributed by atoms with Crippen molar-refractivity contribution in [3.8, 4) is 5.75 Å². The Labute approximate surface area is 218 Å². The van der Waals surface area contributed by atoms with E-state index < -0.39 is 0 Å². The molecular formula is C31H34N2O4. The molecule has 0 unspecified atom stereocenters. The SMILES string of the molecule is COc1ccc([C@H](NC(=O)CCCCCCCCN2C(=O)c3ccccc3C2=O)c2ccccc2)cc1. The molecule has 1 N–H and O–H groups in total. The smallest absolute Gasteiger partial charge is 0.261 e. The lowest BCUT2D eigenvalue weighted by atomic mass is 9.98. The number of methoxy groups -OCH3 is 1. The molecule has 3 aromatic rings. The first kappa shape index (κ1) is 26.1. The van der Waals surface area contributed by atoms with E-state index in [-0.39, 0.29) is 23.8 Å². The highest BCUT2D eigenvalue weighted by Gasteiger charge is 2.34. The fraction of sp³-hybridized carbons (Fsp3) is 0.323. The maximum Gasteiger partial charge on any atom is 0.261 e. The van der Waals surface area contributed by atoms with Gasteiger partial charge in [0.05, 0.1) is 24.3 Å². The second-order valence-electron chi connectivity index (χ2n) is 9.36. The molecule has 0 saturated carbocycles. The number of unbranched alkanes of at least 4 members (excludes halogenated alkanes) is 5. The molecule has 0 bridgehead atoms. The van der Waals surface area contributed by atoms with Crippen molar-refractivity contribution in [2.45, 2.75) is 51.0 Å². The molecule has 0 aromatic heterocycles. The lowest BCUT2D eigenvalue weighted by molar-refractivity contribution is -0.121.